The van der Waals surface area contributed by atoms with Crippen molar-refractivity contribution in [2.24, 2.45) is 0 Å². The Labute approximate surface area is 113 Å². The van der Waals surface area contributed by atoms with Crippen molar-refractivity contribution >= 4 is 23.5 Å². The number of piperazine rings is 1. The first-order valence-corrected chi connectivity index (χ1v) is 5.89. The number of halogens is 2. The molecule has 6 nitrogen and oxygen atoms in total. The highest BCUT2D eigenvalue weighted by Gasteiger charge is 2.24. The number of rotatable bonds is 1. The number of carbonyl (C=O) groups is 1. The molecule has 0 unspecified atom stereocenters. The summed E-state index contributed by atoms with van der Waals surface area (Å²) in [6.07, 6.45) is -0.994. The summed E-state index contributed by atoms with van der Waals surface area (Å²) in [5.74, 6) is -0.584. The van der Waals surface area contributed by atoms with Gasteiger partial charge in [0.25, 0.3) is 0 Å². The van der Waals surface area contributed by atoms with Crippen LogP contribution in [0.25, 0.3) is 0 Å². The number of hydrogen-bond acceptors (Lipinski definition) is 4. The summed E-state index contributed by atoms with van der Waals surface area (Å²) < 4.78 is 13.8. The van der Waals surface area contributed by atoms with Crippen LogP contribution in [-0.4, -0.2) is 47.3 Å². The molecule has 0 aromatic carbocycles. The minimum absolute atomic E-state index is 0.0212. The molecule has 100 valence electrons. The van der Waals surface area contributed by atoms with Gasteiger partial charge < -0.3 is 14.9 Å². The van der Waals surface area contributed by atoms with Gasteiger partial charge in [-0.3, -0.25) is 0 Å². The third-order valence-electron chi connectivity index (χ3n) is 2.88. The van der Waals surface area contributed by atoms with Gasteiger partial charge in [0, 0.05) is 26.2 Å². The molecule has 1 aliphatic heterocycles. The van der Waals surface area contributed by atoms with E-state index in [1.807, 2.05) is 0 Å². The number of nitrogens with zero attached hydrogens (tertiary/aromatic N) is 4. The SMILES string of the molecule is N#Cc1cc(F)c(N2CCN(C(=O)O)CC2)nc1Cl. The second kappa shape index (κ2) is 5.28. The fourth-order valence-corrected chi connectivity index (χ4v) is 2.04. The first kappa shape index (κ1) is 13.4. The summed E-state index contributed by atoms with van der Waals surface area (Å²) in [4.78, 5) is 17.5. The Morgan fingerprint density at radius 3 is 2.63 bits per heavy atom. The smallest absolute Gasteiger partial charge is 0.407 e. The van der Waals surface area contributed by atoms with Crippen molar-refractivity contribution in [1.29, 1.82) is 5.26 Å². The molecule has 2 rings (SSSR count). The molecule has 0 saturated carbocycles. The molecule has 1 aromatic rings. The highest BCUT2D eigenvalue weighted by Crippen LogP contribution is 2.23. The zero-order valence-corrected chi connectivity index (χ0v) is 10.6. The Morgan fingerprint density at radius 1 is 1.47 bits per heavy atom. The van der Waals surface area contributed by atoms with Crippen LogP contribution in [0.15, 0.2) is 6.07 Å². The summed E-state index contributed by atoms with van der Waals surface area (Å²) in [7, 11) is 0. The lowest BCUT2D eigenvalue weighted by Gasteiger charge is -2.34. The zero-order chi connectivity index (χ0) is 14.0. The third-order valence-corrected chi connectivity index (χ3v) is 3.17. The first-order chi connectivity index (χ1) is 9.02. The topological polar surface area (TPSA) is 80.5 Å². The minimum Gasteiger partial charge on any atom is -0.465 e. The summed E-state index contributed by atoms with van der Waals surface area (Å²) in [6, 6.07) is 2.79. The fraction of sp³-hybridized carbons (Fsp3) is 0.364. The van der Waals surface area contributed by atoms with Gasteiger partial charge in [0.05, 0.1) is 5.56 Å². The lowest BCUT2D eigenvalue weighted by Crippen LogP contribution is -2.48. The number of hydrogen-bond donors (Lipinski definition) is 1. The predicted molar refractivity (Wildman–Crippen MR) is 65.7 cm³/mol. The Morgan fingerprint density at radius 2 is 2.11 bits per heavy atom. The van der Waals surface area contributed by atoms with Gasteiger partial charge in [0.1, 0.15) is 11.2 Å². The lowest BCUT2D eigenvalue weighted by atomic mass is 10.2. The van der Waals surface area contributed by atoms with Gasteiger partial charge in [-0.15, -0.1) is 0 Å². The molecule has 0 bridgehead atoms. The quantitative estimate of drug-likeness (QED) is 0.791. The second-order valence-corrected chi connectivity index (χ2v) is 4.36. The number of amides is 1. The van der Waals surface area contributed by atoms with Gasteiger partial charge in [-0.1, -0.05) is 11.6 Å². The van der Waals surface area contributed by atoms with Crippen LogP contribution in [-0.2, 0) is 0 Å². The van der Waals surface area contributed by atoms with Crippen LogP contribution in [0, 0.1) is 17.1 Å². The minimum atomic E-state index is -0.994. The van der Waals surface area contributed by atoms with Crippen LogP contribution in [0.2, 0.25) is 5.15 Å². The largest absolute Gasteiger partial charge is 0.465 e. The maximum absolute atomic E-state index is 13.8. The average Bonchev–Trinajstić information content (AvgIpc) is 2.41. The van der Waals surface area contributed by atoms with Gasteiger partial charge >= 0.3 is 6.09 Å². The Balaban J connectivity index is 2.18. The number of pyridine rings is 1. The van der Waals surface area contributed by atoms with Crippen molar-refractivity contribution in [3.63, 3.8) is 0 Å². The summed E-state index contributed by atoms with van der Waals surface area (Å²) >= 11 is 5.77. The number of nitriles is 1. The van der Waals surface area contributed by atoms with Gasteiger partial charge in [0.2, 0.25) is 0 Å². The molecular formula is C11H10ClFN4O2. The van der Waals surface area contributed by atoms with Gasteiger partial charge in [-0.25, -0.2) is 14.2 Å². The number of aromatic nitrogens is 1. The van der Waals surface area contributed by atoms with E-state index in [4.69, 9.17) is 22.0 Å². The molecule has 1 N–H and O–H groups in total. The molecular weight excluding hydrogens is 275 g/mol. The monoisotopic (exact) mass is 284 g/mol. The maximum Gasteiger partial charge on any atom is 0.407 e. The molecule has 1 fully saturated rings. The zero-order valence-electron chi connectivity index (χ0n) is 9.81. The first-order valence-electron chi connectivity index (χ1n) is 5.52. The molecule has 0 aliphatic carbocycles. The Kier molecular flexibility index (Phi) is 3.71. The molecule has 0 spiro atoms. The summed E-state index contributed by atoms with van der Waals surface area (Å²) in [6.45, 7) is 1.21. The highest BCUT2D eigenvalue weighted by atomic mass is 35.5. The van der Waals surface area contributed by atoms with Crippen molar-refractivity contribution in [2.45, 2.75) is 0 Å². The number of carboxylic acid groups (broad SMARTS) is 1. The molecule has 0 atom stereocenters. The van der Waals surface area contributed by atoms with E-state index in [0.717, 1.165) is 6.07 Å². The van der Waals surface area contributed by atoms with Gasteiger partial charge in [-0.2, -0.15) is 5.26 Å². The van der Waals surface area contributed by atoms with Crippen molar-refractivity contribution in [3.8, 4) is 6.07 Å². The summed E-state index contributed by atoms with van der Waals surface area (Å²) in [5.41, 5.74) is -0.0212. The van der Waals surface area contributed by atoms with Crippen molar-refractivity contribution in [3.05, 3.63) is 22.6 Å². The van der Waals surface area contributed by atoms with Crippen LogP contribution in [0.3, 0.4) is 0 Å². The molecule has 2 heterocycles. The van der Waals surface area contributed by atoms with Gasteiger partial charge in [0.15, 0.2) is 11.6 Å². The standard InChI is InChI=1S/C11H10ClFN4O2/c12-9-7(6-14)5-8(13)10(15-9)16-1-3-17(4-2-16)11(18)19/h5H,1-4H2,(H,18,19). The normalized spacial score (nSPS) is 15.2. The predicted octanol–water partition coefficient (Wildman–Crippen LogP) is 1.55. The molecule has 1 aromatic heterocycles. The number of anilines is 1. The van der Waals surface area contributed by atoms with Crippen LogP contribution in [0.5, 0.6) is 0 Å². The van der Waals surface area contributed by atoms with Crippen LogP contribution in [0.1, 0.15) is 5.56 Å². The molecule has 1 amide bonds. The maximum atomic E-state index is 13.8. The van der Waals surface area contributed by atoms with E-state index in [1.54, 1.807) is 11.0 Å². The van der Waals surface area contributed by atoms with E-state index < -0.39 is 11.9 Å². The van der Waals surface area contributed by atoms with E-state index in [-0.39, 0.29) is 29.6 Å². The highest BCUT2D eigenvalue weighted by molar-refractivity contribution is 6.30. The second-order valence-electron chi connectivity index (χ2n) is 4.00. The molecule has 1 saturated heterocycles. The fourth-order valence-electron chi connectivity index (χ4n) is 1.87. The Hall–Kier alpha value is -2.07. The van der Waals surface area contributed by atoms with Crippen molar-refractivity contribution < 1.29 is 14.3 Å². The average molecular weight is 285 g/mol. The van der Waals surface area contributed by atoms with Gasteiger partial charge in [-0.05, 0) is 6.07 Å². The molecule has 0 radical (unpaired) electrons. The summed E-state index contributed by atoms with van der Waals surface area (Å²) in [5, 5.41) is 17.5. The lowest BCUT2D eigenvalue weighted by molar-refractivity contribution is 0.142. The van der Waals surface area contributed by atoms with E-state index in [1.165, 1.54) is 4.90 Å². The van der Waals surface area contributed by atoms with E-state index >= 15 is 0 Å². The van der Waals surface area contributed by atoms with Crippen molar-refractivity contribution in [1.82, 2.24) is 9.88 Å². The molecule has 19 heavy (non-hydrogen) atoms. The van der Waals surface area contributed by atoms with E-state index in [2.05, 4.69) is 4.98 Å². The van der Waals surface area contributed by atoms with Crippen LogP contribution in [0.4, 0.5) is 15.0 Å². The van der Waals surface area contributed by atoms with E-state index in [9.17, 15) is 9.18 Å². The molecule has 1 aliphatic rings. The molecule has 8 heteroatoms. The van der Waals surface area contributed by atoms with Crippen LogP contribution < -0.4 is 4.90 Å². The van der Waals surface area contributed by atoms with Crippen LogP contribution >= 0.6 is 11.6 Å². The Bertz CT molecular complexity index is 552. The van der Waals surface area contributed by atoms with E-state index in [0.29, 0.717) is 13.1 Å². The third kappa shape index (κ3) is 2.69. The van der Waals surface area contributed by atoms with Crippen molar-refractivity contribution in [2.75, 3.05) is 31.1 Å².